The van der Waals surface area contributed by atoms with E-state index in [0.717, 1.165) is 5.92 Å². The van der Waals surface area contributed by atoms with Gasteiger partial charge >= 0.3 is 0 Å². The molecule has 2 saturated carbocycles. The van der Waals surface area contributed by atoms with Gasteiger partial charge in [0.1, 0.15) is 0 Å². The minimum absolute atomic E-state index is 0.637. The van der Waals surface area contributed by atoms with E-state index in [4.69, 9.17) is 0 Å². The fourth-order valence-electron chi connectivity index (χ4n) is 4.33. The van der Waals surface area contributed by atoms with Crippen molar-refractivity contribution in [2.75, 3.05) is 0 Å². The maximum absolute atomic E-state index is 2.60. The second kappa shape index (κ2) is 2.87. The van der Waals surface area contributed by atoms with Gasteiger partial charge in [0, 0.05) is 0 Å². The Kier molecular flexibility index (Phi) is 1.84. The lowest BCUT2D eigenvalue weighted by Crippen LogP contribution is -2.37. The molecule has 0 aromatic heterocycles. The third-order valence-electron chi connectivity index (χ3n) is 5.43. The standard InChI is InChI=1S/C14H22/c1-13(7-3-2-4-8-13)14-9-5-12(11-14)6-10-14/h5,9,12H,2-4,6-8,10-11H2,1H3. The minimum atomic E-state index is 0.637. The molecule has 0 spiro atoms. The molecule has 78 valence electrons. The Balaban J connectivity index is 1.89. The van der Waals surface area contributed by atoms with Crippen molar-refractivity contribution in [3.05, 3.63) is 12.2 Å². The topological polar surface area (TPSA) is 0 Å². The summed E-state index contributed by atoms with van der Waals surface area (Å²) in [5.41, 5.74) is 1.30. The summed E-state index contributed by atoms with van der Waals surface area (Å²) >= 11 is 0. The molecule has 3 aliphatic carbocycles. The first-order chi connectivity index (χ1) is 6.74. The van der Waals surface area contributed by atoms with Crippen LogP contribution in [0.1, 0.15) is 58.3 Å². The summed E-state index contributed by atoms with van der Waals surface area (Å²) in [6.07, 6.45) is 17.0. The third-order valence-corrected chi connectivity index (χ3v) is 5.43. The number of rotatable bonds is 1. The van der Waals surface area contributed by atoms with E-state index in [9.17, 15) is 0 Å². The van der Waals surface area contributed by atoms with Gasteiger partial charge in [-0.25, -0.2) is 0 Å². The highest BCUT2D eigenvalue weighted by Gasteiger charge is 2.52. The largest absolute Gasteiger partial charge is 0.0848 e. The zero-order chi connectivity index (χ0) is 9.65. The van der Waals surface area contributed by atoms with E-state index in [0.29, 0.717) is 10.8 Å². The quantitative estimate of drug-likeness (QED) is 0.540. The molecular formula is C14H22. The first-order valence-corrected chi connectivity index (χ1v) is 6.44. The predicted octanol–water partition coefficient (Wildman–Crippen LogP) is 4.31. The second-order valence-electron chi connectivity index (χ2n) is 6.14. The van der Waals surface area contributed by atoms with Crippen LogP contribution in [-0.2, 0) is 0 Å². The summed E-state index contributed by atoms with van der Waals surface area (Å²) < 4.78 is 0. The Morgan fingerprint density at radius 2 is 1.86 bits per heavy atom. The van der Waals surface area contributed by atoms with Gasteiger partial charge in [-0.15, -0.1) is 0 Å². The third kappa shape index (κ3) is 1.06. The molecule has 0 N–H and O–H groups in total. The van der Waals surface area contributed by atoms with Gasteiger partial charge in [0.15, 0.2) is 0 Å². The van der Waals surface area contributed by atoms with Crippen LogP contribution in [0.15, 0.2) is 12.2 Å². The summed E-state index contributed by atoms with van der Waals surface area (Å²) in [6, 6.07) is 0. The molecule has 3 rings (SSSR count). The van der Waals surface area contributed by atoms with E-state index in [-0.39, 0.29) is 0 Å². The SMILES string of the molecule is CC1(C23C=CC(CC2)C3)CCCCC1. The molecule has 0 aromatic rings. The maximum atomic E-state index is 2.60. The fourth-order valence-corrected chi connectivity index (χ4v) is 4.33. The molecule has 14 heavy (non-hydrogen) atoms. The van der Waals surface area contributed by atoms with E-state index in [1.807, 2.05) is 0 Å². The summed E-state index contributed by atoms with van der Waals surface area (Å²) in [4.78, 5) is 0. The molecule has 2 bridgehead atoms. The van der Waals surface area contributed by atoms with Gasteiger partial charge in [-0.2, -0.15) is 0 Å². The summed E-state index contributed by atoms with van der Waals surface area (Å²) in [5, 5.41) is 0. The van der Waals surface area contributed by atoms with Crippen LogP contribution >= 0.6 is 0 Å². The number of allylic oxidation sites excluding steroid dienone is 2. The molecule has 2 unspecified atom stereocenters. The summed E-state index contributed by atoms with van der Waals surface area (Å²) in [5.74, 6) is 0.953. The molecule has 0 aromatic carbocycles. The van der Waals surface area contributed by atoms with Crippen LogP contribution in [-0.4, -0.2) is 0 Å². The summed E-state index contributed by atoms with van der Waals surface area (Å²) in [6.45, 7) is 2.57. The van der Waals surface area contributed by atoms with Crippen LogP contribution in [0.2, 0.25) is 0 Å². The average molecular weight is 190 g/mol. The van der Waals surface area contributed by atoms with Crippen LogP contribution in [0.5, 0.6) is 0 Å². The molecule has 0 nitrogen and oxygen atoms in total. The molecular weight excluding hydrogens is 168 g/mol. The van der Waals surface area contributed by atoms with E-state index < -0.39 is 0 Å². The van der Waals surface area contributed by atoms with Crippen LogP contribution in [0, 0.1) is 16.7 Å². The van der Waals surface area contributed by atoms with Crippen molar-refractivity contribution in [3.63, 3.8) is 0 Å². The lowest BCUT2D eigenvalue weighted by Gasteiger charge is -2.47. The van der Waals surface area contributed by atoms with Crippen molar-refractivity contribution in [3.8, 4) is 0 Å². The van der Waals surface area contributed by atoms with Crippen LogP contribution in [0.3, 0.4) is 0 Å². The lowest BCUT2D eigenvalue weighted by molar-refractivity contribution is 0.0616. The van der Waals surface area contributed by atoms with Crippen molar-refractivity contribution in [1.82, 2.24) is 0 Å². The Hall–Kier alpha value is -0.260. The molecule has 0 aliphatic heterocycles. The van der Waals surface area contributed by atoms with Crippen LogP contribution < -0.4 is 0 Å². The van der Waals surface area contributed by atoms with Crippen molar-refractivity contribution in [1.29, 1.82) is 0 Å². The van der Waals surface area contributed by atoms with Gasteiger partial charge in [0.25, 0.3) is 0 Å². The van der Waals surface area contributed by atoms with E-state index in [2.05, 4.69) is 19.1 Å². The van der Waals surface area contributed by atoms with Gasteiger partial charge in [0.05, 0.1) is 0 Å². The van der Waals surface area contributed by atoms with Crippen molar-refractivity contribution < 1.29 is 0 Å². The minimum Gasteiger partial charge on any atom is -0.0848 e. The first kappa shape index (κ1) is 9.00. The number of hydrogen-bond acceptors (Lipinski definition) is 0. The van der Waals surface area contributed by atoms with Gasteiger partial charge in [-0.05, 0) is 48.9 Å². The molecule has 0 radical (unpaired) electrons. The lowest BCUT2D eigenvalue weighted by atomic mass is 9.58. The maximum Gasteiger partial charge on any atom is -0.00586 e. The van der Waals surface area contributed by atoms with Crippen LogP contribution in [0.25, 0.3) is 0 Å². The first-order valence-electron chi connectivity index (χ1n) is 6.44. The van der Waals surface area contributed by atoms with Gasteiger partial charge in [-0.3, -0.25) is 0 Å². The van der Waals surface area contributed by atoms with Gasteiger partial charge in [-0.1, -0.05) is 38.3 Å². The van der Waals surface area contributed by atoms with E-state index in [1.54, 1.807) is 0 Å². The zero-order valence-electron chi connectivity index (χ0n) is 9.39. The summed E-state index contributed by atoms with van der Waals surface area (Å²) in [7, 11) is 0. The fraction of sp³-hybridized carbons (Fsp3) is 0.857. The Labute approximate surface area is 87.8 Å². The molecule has 0 amide bonds. The Bertz CT molecular complexity index is 257. The molecule has 0 saturated heterocycles. The highest BCUT2D eigenvalue weighted by molar-refractivity contribution is 5.20. The highest BCUT2D eigenvalue weighted by Crippen LogP contribution is 2.62. The van der Waals surface area contributed by atoms with Crippen molar-refractivity contribution >= 4 is 0 Å². The number of fused-ring (bicyclic) bond motifs is 2. The predicted molar refractivity (Wildman–Crippen MR) is 60.1 cm³/mol. The average Bonchev–Trinajstić information content (AvgIpc) is 2.80. The van der Waals surface area contributed by atoms with Gasteiger partial charge in [0.2, 0.25) is 0 Å². The zero-order valence-corrected chi connectivity index (χ0v) is 9.39. The molecule has 2 atom stereocenters. The molecule has 2 fully saturated rings. The normalized spacial score (nSPS) is 44.5. The van der Waals surface area contributed by atoms with Crippen molar-refractivity contribution in [2.45, 2.75) is 58.3 Å². The molecule has 0 heteroatoms. The van der Waals surface area contributed by atoms with E-state index >= 15 is 0 Å². The van der Waals surface area contributed by atoms with E-state index in [1.165, 1.54) is 51.4 Å². The Morgan fingerprint density at radius 3 is 2.36 bits per heavy atom. The second-order valence-corrected chi connectivity index (χ2v) is 6.14. The monoisotopic (exact) mass is 190 g/mol. The van der Waals surface area contributed by atoms with Crippen molar-refractivity contribution in [2.24, 2.45) is 16.7 Å². The smallest absolute Gasteiger partial charge is 0.00586 e. The van der Waals surface area contributed by atoms with Gasteiger partial charge < -0.3 is 0 Å². The highest BCUT2D eigenvalue weighted by atomic mass is 14.6. The number of hydrogen-bond donors (Lipinski definition) is 0. The molecule has 3 aliphatic rings. The molecule has 0 heterocycles. The van der Waals surface area contributed by atoms with Crippen LogP contribution in [0.4, 0.5) is 0 Å². The Morgan fingerprint density at radius 1 is 1.07 bits per heavy atom.